The molecule has 1 amide bonds. The standard InChI is InChI=1S/C17H28BrN5O3Si/c1-17(2,3)11-9-12(22-26-11)20-16-13(15(19)24)14(18)21-23(16)10-25-7-8-27(4,5)6/h9H,7-8,10H2,1-6H3,(H2,19,24)(H,20,22). The zero-order valence-electron chi connectivity index (χ0n) is 16.7. The van der Waals surface area contributed by atoms with Crippen molar-refractivity contribution in [1.82, 2.24) is 14.9 Å². The Bertz CT molecular complexity index is 805. The molecule has 0 fully saturated rings. The molecule has 2 aromatic rings. The SMILES string of the molecule is CC(C)(C)c1cc(Nc2c(C(N)=O)c(Br)nn2COCC[Si](C)(C)C)no1. The van der Waals surface area contributed by atoms with Crippen molar-refractivity contribution in [1.29, 1.82) is 0 Å². The molecule has 0 saturated heterocycles. The molecule has 0 radical (unpaired) electrons. The van der Waals surface area contributed by atoms with Crippen LogP contribution >= 0.6 is 15.9 Å². The normalized spacial score (nSPS) is 12.4. The number of rotatable bonds is 8. The van der Waals surface area contributed by atoms with Crippen LogP contribution in [0.4, 0.5) is 11.6 Å². The summed E-state index contributed by atoms with van der Waals surface area (Å²) in [6.07, 6.45) is 0. The van der Waals surface area contributed by atoms with Crippen molar-refractivity contribution in [3.63, 3.8) is 0 Å². The molecule has 0 aliphatic heterocycles. The molecule has 0 aromatic carbocycles. The lowest BCUT2D eigenvalue weighted by Gasteiger charge is -2.16. The molecular formula is C17H28BrN5O3Si. The highest BCUT2D eigenvalue weighted by Crippen LogP contribution is 2.30. The Morgan fingerprint density at radius 1 is 1.41 bits per heavy atom. The average Bonchev–Trinajstić information content (AvgIpc) is 3.08. The smallest absolute Gasteiger partial charge is 0.255 e. The zero-order chi connectivity index (χ0) is 20.4. The third kappa shape index (κ3) is 5.91. The molecule has 27 heavy (non-hydrogen) atoms. The number of anilines is 2. The number of aromatic nitrogens is 3. The highest BCUT2D eigenvalue weighted by molar-refractivity contribution is 9.10. The molecule has 2 rings (SSSR count). The van der Waals surface area contributed by atoms with Crippen molar-refractivity contribution in [2.75, 3.05) is 11.9 Å². The molecule has 2 aromatic heterocycles. The van der Waals surface area contributed by atoms with Gasteiger partial charge in [0, 0.05) is 26.2 Å². The Hall–Kier alpha value is -1.65. The maximum atomic E-state index is 11.9. The first kappa shape index (κ1) is 21.6. The summed E-state index contributed by atoms with van der Waals surface area (Å²) < 4.78 is 13.1. The van der Waals surface area contributed by atoms with Gasteiger partial charge in [0.15, 0.2) is 5.82 Å². The van der Waals surface area contributed by atoms with Crippen molar-refractivity contribution < 1.29 is 14.1 Å². The van der Waals surface area contributed by atoms with E-state index in [1.807, 2.05) is 20.8 Å². The number of halogens is 1. The van der Waals surface area contributed by atoms with Gasteiger partial charge in [0.1, 0.15) is 28.5 Å². The highest BCUT2D eigenvalue weighted by atomic mass is 79.9. The number of hydrogen-bond donors (Lipinski definition) is 2. The van der Waals surface area contributed by atoms with Crippen LogP contribution in [0.3, 0.4) is 0 Å². The van der Waals surface area contributed by atoms with Crippen LogP contribution in [-0.4, -0.2) is 35.5 Å². The fourth-order valence-electron chi connectivity index (χ4n) is 2.21. The van der Waals surface area contributed by atoms with Crippen molar-refractivity contribution in [2.45, 2.75) is 58.6 Å². The van der Waals surface area contributed by atoms with Gasteiger partial charge in [0.2, 0.25) is 0 Å². The molecule has 3 N–H and O–H groups in total. The van der Waals surface area contributed by atoms with E-state index in [2.05, 4.69) is 51.1 Å². The summed E-state index contributed by atoms with van der Waals surface area (Å²) in [4.78, 5) is 11.9. The summed E-state index contributed by atoms with van der Waals surface area (Å²) in [6, 6.07) is 2.83. The first-order valence-electron chi connectivity index (χ1n) is 8.76. The lowest BCUT2D eigenvalue weighted by Crippen LogP contribution is -2.22. The van der Waals surface area contributed by atoms with E-state index in [-0.39, 0.29) is 17.7 Å². The average molecular weight is 458 g/mol. The second-order valence-electron chi connectivity index (χ2n) is 8.68. The van der Waals surface area contributed by atoms with Crippen LogP contribution in [-0.2, 0) is 16.9 Å². The van der Waals surface area contributed by atoms with Crippen molar-refractivity contribution in [3.05, 3.63) is 22.0 Å². The second kappa shape index (κ2) is 8.15. The number of carbonyl (C=O) groups excluding carboxylic acids is 1. The third-order valence-corrected chi connectivity index (χ3v) is 6.12. The van der Waals surface area contributed by atoms with Crippen molar-refractivity contribution in [3.8, 4) is 0 Å². The lowest BCUT2D eigenvalue weighted by molar-refractivity contribution is 0.0798. The van der Waals surface area contributed by atoms with Crippen LogP contribution in [0.25, 0.3) is 0 Å². The van der Waals surface area contributed by atoms with E-state index in [4.69, 9.17) is 15.0 Å². The molecular weight excluding hydrogens is 430 g/mol. The minimum Gasteiger partial charge on any atom is -0.365 e. The Labute approximate surface area is 168 Å². The lowest BCUT2D eigenvalue weighted by atomic mass is 9.93. The molecule has 0 unspecified atom stereocenters. The fourth-order valence-corrected chi connectivity index (χ4v) is 3.54. The number of hydrogen-bond acceptors (Lipinski definition) is 6. The molecule has 0 aliphatic rings. The fraction of sp³-hybridized carbons (Fsp3) is 0.588. The van der Waals surface area contributed by atoms with Gasteiger partial charge in [-0.1, -0.05) is 45.6 Å². The van der Waals surface area contributed by atoms with E-state index in [0.717, 1.165) is 11.8 Å². The number of amides is 1. The van der Waals surface area contributed by atoms with Gasteiger partial charge in [0.05, 0.1) is 0 Å². The minimum atomic E-state index is -1.18. The Kier molecular flexibility index (Phi) is 6.54. The predicted molar refractivity (Wildman–Crippen MR) is 111 cm³/mol. The summed E-state index contributed by atoms with van der Waals surface area (Å²) in [6.45, 7) is 13.8. The van der Waals surface area contributed by atoms with Crippen molar-refractivity contribution >= 4 is 41.5 Å². The van der Waals surface area contributed by atoms with Gasteiger partial charge in [-0.15, -0.1) is 0 Å². The number of nitrogens with two attached hydrogens (primary N) is 1. The molecule has 0 atom stereocenters. The van der Waals surface area contributed by atoms with Gasteiger partial charge in [-0.3, -0.25) is 4.79 Å². The highest BCUT2D eigenvalue weighted by Gasteiger charge is 2.24. The van der Waals surface area contributed by atoms with E-state index >= 15 is 0 Å². The molecule has 0 bridgehead atoms. The molecule has 0 aliphatic carbocycles. The molecule has 0 spiro atoms. The van der Waals surface area contributed by atoms with E-state index < -0.39 is 14.0 Å². The number of ether oxygens (including phenoxy) is 1. The molecule has 0 saturated carbocycles. The van der Waals surface area contributed by atoms with Crippen LogP contribution < -0.4 is 11.1 Å². The zero-order valence-corrected chi connectivity index (χ0v) is 19.3. The first-order chi connectivity index (χ1) is 12.4. The number of primary amides is 1. The van der Waals surface area contributed by atoms with Gasteiger partial charge in [-0.05, 0) is 22.0 Å². The molecule has 150 valence electrons. The molecule has 10 heteroatoms. The van der Waals surface area contributed by atoms with Gasteiger partial charge < -0.3 is 20.3 Å². The number of nitrogens with one attached hydrogen (secondary N) is 1. The summed E-state index contributed by atoms with van der Waals surface area (Å²) in [5.41, 5.74) is 5.59. The first-order valence-corrected chi connectivity index (χ1v) is 13.3. The quantitative estimate of drug-likeness (QED) is 0.456. The predicted octanol–water partition coefficient (Wildman–Crippen LogP) is 4.09. The van der Waals surface area contributed by atoms with Crippen LogP contribution in [0.1, 0.15) is 36.9 Å². The Morgan fingerprint density at radius 3 is 2.59 bits per heavy atom. The second-order valence-corrected chi connectivity index (χ2v) is 15.1. The monoisotopic (exact) mass is 457 g/mol. The van der Waals surface area contributed by atoms with E-state index in [1.165, 1.54) is 0 Å². The minimum absolute atomic E-state index is 0.180. The number of carbonyl (C=O) groups is 1. The van der Waals surface area contributed by atoms with Gasteiger partial charge in [-0.2, -0.15) is 5.10 Å². The third-order valence-electron chi connectivity index (χ3n) is 3.86. The largest absolute Gasteiger partial charge is 0.365 e. The Morgan fingerprint density at radius 2 is 2.07 bits per heavy atom. The summed E-state index contributed by atoms with van der Waals surface area (Å²) >= 11 is 3.29. The maximum Gasteiger partial charge on any atom is 0.255 e. The summed E-state index contributed by atoms with van der Waals surface area (Å²) in [7, 11) is -1.18. The van der Waals surface area contributed by atoms with Gasteiger partial charge in [-0.25, -0.2) is 4.68 Å². The van der Waals surface area contributed by atoms with E-state index in [1.54, 1.807) is 10.7 Å². The summed E-state index contributed by atoms with van der Waals surface area (Å²) in [5.74, 6) is 1.01. The van der Waals surface area contributed by atoms with Crippen LogP contribution in [0.15, 0.2) is 15.2 Å². The van der Waals surface area contributed by atoms with Gasteiger partial charge >= 0.3 is 0 Å². The maximum absolute atomic E-state index is 11.9. The number of nitrogens with zero attached hydrogens (tertiary/aromatic N) is 3. The Balaban J connectivity index is 2.22. The van der Waals surface area contributed by atoms with Crippen molar-refractivity contribution in [2.24, 2.45) is 5.73 Å². The summed E-state index contributed by atoms with van der Waals surface area (Å²) in [5, 5.41) is 11.4. The van der Waals surface area contributed by atoms with E-state index in [0.29, 0.717) is 22.8 Å². The van der Waals surface area contributed by atoms with Crippen LogP contribution in [0, 0.1) is 0 Å². The van der Waals surface area contributed by atoms with Gasteiger partial charge in [0.25, 0.3) is 5.91 Å². The van der Waals surface area contributed by atoms with E-state index in [9.17, 15) is 4.79 Å². The molecule has 8 nitrogen and oxygen atoms in total. The topological polar surface area (TPSA) is 108 Å². The molecule has 2 heterocycles. The van der Waals surface area contributed by atoms with Crippen LogP contribution in [0.2, 0.25) is 25.7 Å². The van der Waals surface area contributed by atoms with Crippen LogP contribution in [0.5, 0.6) is 0 Å².